The van der Waals surface area contributed by atoms with Gasteiger partial charge in [-0.05, 0) is 41.5 Å². The molecule has 7 heteroatoms. The number of halogens is 2. The van der Waals surface area contributed by atoms with E-state index in [1.54, 1.807) is 30.3 Å². The molecule has 2 aromatic carbocycles. The average molecular weight is 391 g/mol. The van der Waals surface area contributed by atoms with Gasteiger partial charge in [-0.25, -0.2) is 14.0 Å². The highest BCUT2D eigenvalue weighted by Gasteiger charge is 2.38. The lowest BCUT2D eigenvalue weighted by Crippen LogP contribution is -2.41. The third-order valence-corrected chi connectivity index (χ3v) is 3.97. The van der Waals surface area contributed by atoms with Gasteiger partial charge in [0.15, 0.2) is 0 Å². The Balaban J connectivity index is 1.74. The van der Waals surface area contributed by atoms with Crippen molar-refractivity contribution in [1.29, 1.82) is 0 Å². The summed E-state index contributed by atoms with van der Waals surface area (Å²) >= 11 is 5.75. The topological polar surface area (TPSA) is 61.8 Å². The van der Waals surface area contributed by atoms with Gasteiger partial charge in [0, 0.05) is 13.8 Å². The molecule has 0 amide bonds. The van der Waals surface area contributed by atoms with Gasteiger partial charge in [0.1, 0.15) is 23.7 Å². The monoisotopic (exact) mass is 390 g/mol. The van der Waals surface area contributed by atoms with E-state index in [9.17, 15) is 14.0 Å². The maximum atomic E-state index is 13.2. The summed E-state index contributed by atoms with van der Waals surface area (Å²) in [6.07, 6.45) is 1.38. The molecule has 0 saturated carbocycles. The zero-order chi connectivity index (χ0) is 19.6. The van der Waals surface area contributed by atoms with E-state index < -0.39 is 23.5 Å². The second-order valence-corrected chi connectivity index (χ2v) is 6.75. The van der Waals surface area contributed by atoms with Crippen molar-refractivity contribution < 1.29 is 28.2 Å². The molecular formula is C20H16ClFO5. The summed E-state index contributed by atoms with van der Waals surface area (Å²) in [5.41, 5.74) is 1.07. The summed E-state index contributed by atoms with van der Waals surface area (Å²) in [5, 5.41) is 0.0202. The molecule has 1 saturated heterocycles. The van der Waals surface area contributed by atoms with Crippen LogP contribution in [0.3, 0.4) is 0 Å². The smallest absolute Gasteiger partial charge is 0.348 e. The predicted octanol–water partition coefficient (Wildman–Crippen LogP) is 4.28. The number of carbonyl (C=O) groups is 2. The van der Waals surface area contributed by atoms with Gasteiger partial charge in [0.2, 0.25) is 0 Å². The first-order valence-corrected chi connectivity index (χ1v) is 8.46. The molecular weight excluding hydrogens is 375 g/mol. The van der Waals surface area contributed by atoms with Crippen LogP contribution in [0.25, 0.3) is 6.08 Å². The maximum absolute atomic E-state index is 13.2. The number of hydrogen-bond acceptors (Lipinski definition) is 5. The zero-order valence-corrected chi connectivity index (χ0v) is 15.4. The first-order valence-electron chi connectivity index (χ1n) is 8.09. The van der Waals surface area contributed by atoms with E-state index in [-0.39, 0.29) is 17.2 Å². The molecule has 27 heavy (non-hydrogen) atoms. The van der Waals surface area contributed by atoms with Crippen molar-refractivity contribution >= 4 is 29.6 Å². The van der Waals surface area contributed by atoms with E-state index in [0.717, 1.165) is 0 Å². The Hall–Kier alpha value is -2.86. The fraction of sp³-hybridized carbons (Fsp3) is 0.200. The largest absolute Gasteiger partial charge is 0.489 e. The van der Waals surface area contributed by atoms with Crippen molar-refractivity contribution in [3.05, 3.63) is 70.0 Å². The van der Waals surface area contributed by atoms with Gasteiger partial charge in [-0.2, -0.15) is 0 Å². The van der Waals surface area contributed by atoms with Gasteiger partial charge in [0.25, 0.3) is 5.79 Å². The molecule has 0 aliphatic carbocycles. The van der Waals surface area contributed by atoms with Crippen molar-refractivity contribution in [1.82, 2.24) is 0 Å². The lowest BCUT2D eigenvalue weighted by molar-refractivity contribution is -0.222. The molecule has 0 radical (unpaired) electrons. The molecule has 0 atom stereocenters. The summed E-state index contributed by atoms with van der Waals surface area (Å²) in [4.78, 5) is 24.0. The number of carbonyl (C=O) groups excluding carboxylic acids is 2. The van der Waals surface area contributed by atoms with Gasteiger partial charge in [-0.3, -0.25) is 0 Å². The lowest BCUT2D eigenvalue weighted by Gasteiger charge is -2.29. The van der Waals surface area contributed by atoms with Crippen LogP contribution in [0.15, 0.2) is 48.0 Å². The van der Waals surface area contributed by atoms with E-state index in [4.69, 9.17) is 25.8 Å². The number of benzene rings is 2. The average Bonchev–Trinajstić information content (AvgIpc) is 2.59. The van der Waals surface area contributed by atoms with Crippen molar-refractivity contribution in [2.24, 2.45) is 0 Å². The molecule has 0 aromatic heterocycles. The number of rotatable bonds is 4. The second kappa shape index (κ2) is 7.40. The van der Waals surface area contributed by atoms with E-state index >= 15 is 0 Å². The number of hydrogen-bond donors (Lipinski definition) is 0. The molecule has 1 fully saturated rings. The summed E-state index contributed by atoms with van der Waals surface area (Å²) in [5.74, 6) is -2.77. The van der Waals surface area contributed by atoms with Crippen LogP contribution in [0.2, 0.25) is 5.02 Å². The molecule has 140 valence electrons. The van der Waals surface area contributed by atoms with Gasteiger partial charge in [-0.1, -0.05) is 29.8 Å². The fourth-order valence-corrected chi connectivity index (χ4v) is 2.64. The Kier molecular flexibility index (Phi) is 5.19. The summed E-state index contributed by atoms with van der Waals surface area (Å²) in [6, 6.07) is 11.1. The molecule has 1 aliphatic rings. The highest BCUT2D eigenvalue weighted by Crippen LogP contribution is 2.25. The van der Waals surface area contributed by atoms with Crippen molar-refractivity contribution in [3.63, 3.8) is 0 Å². The van der Waals surface area contributed by atoms with E-state index in [0.29, 0.717) is 16.9 Å². The molecule has 2 aromatic rings. The normalized spacial score (nSPS) is 15.8. The fourth-order valence-electron chi connectivity index (χ4n) is 2.44. The minimum Gasteiger partial charge on any atom is -0.489 e. The van der Waals surface area contributed by atoms with E-state index in [1.165, 1.54) is 32.1 Å². The van der Waals surface area contributed by atoms with E-state index in [1.807, 2.05) is 0 Å². The molecule has 0 unspecified atom stereocenters. The highest BCUT2D eigenvalue weighted by molar-refractivity contribution is 6.30. The highest BCUT2D eigenvalue weighted by atomic mass is 35.5. The first-order chi connectivity index (χ1) is 12.7. The SMILES string of the molecule is CC1(C)OC(=O)C(=Cc2cccc(OCc3ccc(F)c(Cl)c3)c2)C(=O)O1. The molecule has 1 heterocycles. The lowest BCUT2D eigenvalue weighted by atomic mass is 10.1. The Morgan fingerprint density at radius 2 is 1.81 bits per heavy atom. The molecule has 0 bridgehead atoms. The predicted molar refractivity (Wildman–Crippen MR) is 96.4 cm³/mol. The first kappa shape index (κ1) is 18.9. The molecule has 0 spiro atoms. The standard InChI is InChI=1S/C20H16ClFO5/c1-20(2)26-18(23)15(19(24)27-20)9-12-4-3-5-14(8-12)25-11-13-6-7-17(22)16(21)10-13/h3-10H,11H2,1-2H3. The van der Waals surface area contributed by atoms with Gasteiger partial charge < -0.3 is 14.2 Å². The molecule has 0 N–H and O–H groups in total. The Bertz CT molecular complexity index is 914. The molecule has 1 aliphatic heterocycles. The van der Waals surface area contributed by atoms with Crippen LogP contribution in [-0.4, -0.2) is 17.7 Å². The van der Waals surface area contributed by atoms with Crippen LogP contribution < -0.4 is 4.74 Å². The quantitative estimate of drug-likeness (QED) is 0.443. The Morgan fingerprint density at radius 3 is 2.48 bits per heavy atom. The van der Waals surface area contributed by atoms with E-state index in [2.05, 4.69) is 0 Å². The van der Waals surface area contributed by atoms with Crippen LogP contribution in [0, 0.1) is 5.82 Å². The Morgan fingerprint density at radius 1 is 1.11 bits per heavy atom. The van der Waals surface area contributed by atoms with Crippen LogP contribution in [-0.2, 0) is 25.7 Å². The minimum atomic E-state index is -1.28. The second-order valence-electron chi connectivity index (χ2n) is 6.35. The summed E-state index contributed by atoms with van der Waals surface area (Å²) in [7, 11) is 0. The molecule has 3 rings (SSSR count). The van der Waals surface area contributed by atoms with Crippen molar-refractivity contribution in [3.8, 4) is 5.75 Å². The van der Waals surface area contributed by atoms with Crippen LogP contribution >= 0.6 is 11.6 Å². The van der Waals surface area contributed by atoms with Crippen LogP contribution in [0.1, 0.15) is 25.0 Å². The third-order valence-electron chi connectivity index (χ3n) is 3.68. The van der Waals surface area contributed by atoms with Gasteiger partial charge in [-0.15, -0.1) is 0 Å². The third kappa shape index (κ3) is 4.65. The maximum Gasteiger partial charge on any atom is 0.348 e. The zero-order valence-electron chi connectivity index (χ0n) is 14.6. The van der Waals surface area contributed by atoms with Crippen LogP contribution in [0.5, 0.6) is 5.75 Å². The van der Waals surface area contributed by atoms with Crippen molar-refractivity contribution in [2.45, 2.75) is 26.2 Å². The van der Waals surface area contributed by atoms with Crippen LogP contribution in [0.4, 0.5) is 4.39 Å². The van der Waals surface area contributed by atoms with Crippen molar-refractivity contribution in [2.75, 3.05) is 0 Å². The van der Waals surface area contributed by atoms with Gasteiger partial charge >= 0.3 is 11.9 Å². The summed E-state index contributed by atoms with van der Waals surface area (Å²) < 4.78 is 29.0. The van der Waals surface area contributed by atoms with Gasteiger partial charge in [0.05, 0.1) is 5.02 Å². The number of ether oxygens (including phenoxy) is 3. The Labute approximate surface area is 160 Å². The molecule has 5 nitrogen and oxygen atoms in total. The minimum absolute atomic E-state index is 0.0202. The number of cyclic esters (lactones) is 2. The summed E-state index contributed by atoms with van der Waals surface area (Å²) in [6.45, 7) is 3.14. The number of esters is 2.